The molecular formula is C15H21NO2. The first-order valence-corrected chi connectivity index (χ1v) is 6.53. The molecule has 0 bridgehead atoms. The molecular weight excluding hydrogens is 226 g/mol. The summed E-state index contributed by atoms with van der Waals surface area (Å²) in [5, 5.41) is 0. The van der Waals surface area contributed by atoms with Gasteiger partial charge in [0.15, 0.2) is 0 Å². The van der Waals surface area contributed by atoms with Crippen molar-refractivity contribution >= 4 is 5.97 Å². The van der Waals surface area contributed by atoms with Crippen molar-refractivity contribution in [2.24, 2.45) is 5.92 Å². The van der Waals surface area contributed by atoms with Gasteiger partial charge in [-0.15, -0.1) is 0 Å². The van der Waals surface area contributed by atoms with Gasteiger partial charge in [-0.25, -0.2) is 0 Å². The maximum absolute atomic E-state index is 11.0. The zero-order valence-corrected chi connectivity index (χ0v) is 11.1. The molecule has 3 heteroatoms. The van der Waals surface area contributed by atoms with Crippen molar-refractivity contribution in [3.8, 4) is 0 Å². The van der Waals surface area contributed by atoms with Crippen LogP contribution in [-0.4, -0.2) is 37.6 Å². The summed E-state index contributed by atoms with van der Waals surface area (Å²) in [6, 6.07) is 10.6. The van der Waals surface area contributed by atoms with Gasteiger partial charge in [0.1, 0.15) is 0 Å². The SMILES string of the molecule is CC(=O)OCC1CN(C)CCC1c1ccccc1. The number of hydrogen-bond donors (Lipinski definition) is 0. The normalized spacial score (nSPS) is 24.8. The Hall–Kier alpha value is -1.35. The molecule has 0 spiro atoms. The van der Waals surface area contributed by atoms with Crippen molar-refractivity contribution in [1.82, 2.24) is 4.90 Å². The molecule has 1 aliphatic heterocycles. The second-order valence-corrected chi connectivity index (χ2v) is 5.13. The van der Waals surface area contributed by atoms with Gasteiger partial charge in [0, 0.05) is 19.4 Å². The van der Waals surface area contributed by atoms with Crippen molar-refractivity contribution in [2.45, 2.75) is 19.3 Å². The number of esters is 1. The Bertz CT molecular complexity index is 391. The van der Waals surface area contributed by atoms with Crippen LogP contribution in [-0.2, 0) is 9.53 Å². The number of rotatable bonds is 3. The Labute approximate surface area is 109 Å². The summed E-state index contributed by atoms with van der Waals surface area (Å²) in [4.78, 5) is 13.3. The summed E-state index contributed by atoms with van der Waals surface area (Å²) in [5.41, 5.74) is 1.36. The molecule has 0 N–H and O–H groups in total. The summed E-state index contributed by atoms with van der Waals surface area (Å²) < 4.78 is 5.22. The number of carbonyl (C=O) groups is 1. The van der Waals surface area contributed by atoms with Crippen LogP contribution in [0.3, 0.4) is 0 Å². The van der Waals surface area contributed by atoms with E-state index in [2.05, 4.69) is 36.2 Å². The van der Waals surface area contributed by atoms with Crippen LogP contribution < -0.4 is 0 Å². The second-order valence-electron chi connectivity index (χ2n) is 5.13. The lowest BCUT2D eigenvalue weighted by Crippen LogP contribution is -2.39. The highest BCUT2D eigenvalue weighted by molar-refractivity contribution is 5.65. The smallest absolute Gasteiger partial charge is 0.302 e. The van der Waals surface area contributed by atoms with Crippen molar-refractivity contribution < 1.29 is 9.53 Å². The number of hydrogen-bond acceptors (Lipinski definition) is 3. The van der Waals surface area contributed by atoms with E-state index in [0.717, 1.165) is 19.5 Å². The minimum Gasteiger partial charge on any atom is -0.466 e. The standard InChI is InChI=1S/C15H21NO2/c1-12(17)18-11-14-10-16(2)9-8-15(14)13-6-4-3-5-7-13/h3-7,14-15H,8-11H2,1-2H3. The van der Waals surface area contributed by atoms with Crippen LogP contribution in [0.2, 0.25) is 0 Å². The second kappa shape index (κ2) is 6.01. The highest BCUT2D eigenvalue weighted by Crippen LogP contribution is 2.32. The van der Waals surface area contributed by atoms with Crippen LogP contribution in [0.4, 0.5) is 0 Å². The fourth-order valence-electron chi connectivity index (χ4n) is 2.75. The van der Waals surface area contributed by atoms with Gasteiger partial charge in [0.2, 0.25) is 0 Å². The molecule has 0 saturated carbocycles. The maximum Gasteiger partial charge on any atom is 0.302 e. The van der Waals surface area contributed by atoms with E-state index in [1.54, 1.807) is 0 Å². The fourth-order valence-corrected chi connectivity index (χ4v) is 2.75. The van der Waals surface area contributed by atoms with Gasteiger partial charge in [0.05, 0.1) is 6.61 Å². The van der Waals surface area contributed by atoms with Crippen molar-refractivity contribution in [2.75, 3.05) is 26.7 Å². The molecule has 0 radical (unpaired) electrons. The lowest BCUT2D eigenvalue weighted by atomic mass is 9.81. The fraction of sp³-hybridized carbons (Fsp3) is 0.533. The average Bonchev–Trinajstić information content (AvgIpc) is 2.37. The quantitative estimate of drug-likeness (QED) is 0.767. The van der Waals surface area contributed by atoms with E-state index in [9.17, 15) is 4.79 Å². The van der Waals surface area contributed by atoms with E-state index in [1.807, 2.05) is 6.07 Å². The largest absolute Gasteiger partial charge is 0.466 e. The Morgan fingerprint density at radius 3 is 2.78 bits per heavy atom. The molecule has 0 aliphatic carbocycles. The van der Waals surface area contributed by atoms with E-state index < -0.39 is 0 Å². The van der Waals surface area contributed by atoms with E-state index in [0.29, 0.717) is 18.4 Å². The molecule has 1 fully saturated rings. The molecule has 1 aliphatic rings. The third-order valence-corrected chi connectivity index (χ3v) is 3.67. The number of benzene rings is 1. The predicted octanol–water partition coefficient (Wildman–Crippen LogP) is 2.29. The molecule has 1 heterocycles. The third kappa shape index (κ3) is 3.33. The van der Waals surface area contributed by atoms with Gasteiger partial charge in [-0.1, -0.05) is 30.3 Å². The summed E-state index contributed by atoms with van der Waals surface area (Å²) in [5.74, 6) is 0.715. The molecule has 2 atom stereocenters. The van der Waals surface area contributed by atoms with Gasteiger partial charge < -0.3 is 9.64 Å². The van der Waals surface area contributed by atoms with Crippen LogP contribution in [0.1, 0.15) is 24.8 Å². The zero-order chi connectivity index (χ0) is 13.0. The van der Waals surface area contributed by atoms with E-state index in [-0.39, 0.29) is 5.97 Å². The van der Waals surface area contributed by atoms with Crippen LogP contribution >= 0.6 is 0 Å². The molecule has 1 aromatic carbocycles. The van der Waals surface area contributed by atoms with E-state index in [4.69, 9.17) is 4.74 Å². The predicted molar refractivity (Wildman–Crippen MR) is 71.4 cm³/mol. The van der Waals surface area contributed by atoms with Gasteiger partial charge in [-0.3, -0.25) is 4.79 Å². The van der Waals surface area contributed by atoms with Gasteiger partial charge in [-0.2, -0.15) is 0 Å². The van der Waals surface area contributed by atoms with E-state index >= 15 is 0 Å². The van der Waals surface area contributed by atoms with Gasteiger partial charge >= 0.3 is 5.97 Å². The lowest BCUT2D eigenvalue weighted by Gasteiger charge is -2.36. The number of likely N-dealkylation sites (tertiary alicyclic amines) is 1. The first kappa shape index (κ1) is 13.1. The lowest BCUT2D eigenvalue weighted by molar-refractivity contribution is -0.143. The molecule has 98 valence electrons. The number of piperidine rings is 1. The van der Waals surface area contributed by atoms with Crippen LogP contribution in [0.25, 0.3) is 0 Å². The minimum atomic E-state index is -0.185. The highest BCUT2D eigenvalue weighted by Gasteiger charge is 2.29. The van der Waals surface area contributed by atoms with Crippen LogP contribution in [0.15, 0.2) is 30.3 Å². The summed E-state index contributed by atoms with van der Waals surface area (Å²) >= 11 is 0. The van der Waals surface area contributed by atoms with Crippen LogP contribution in [0, 0.1) is 5.92 Å². The average molecular weight is 247 g/mol. The van der Waals surface area contributed by atoms with Crippen molar-refractivity contribution in [3.63, 3.8) is 0 Å². The molecule has 3 nitrogen and oxygen atoms in total. The minimum absolute atomic E-state index is 0.185. The maximum atomic E-state index is 11.0. The van der Waals surface area contributed by atoms with Crippen LogP contribution in [0.5, 0.6) is 0 Å². The molecule has 1 saturated heterocycles. The highest BCUT2D eigenvalue weighted by atomic mass is 16.5. The topological polar surface area (TPSA) is 29.5 Å². The number of carbonyl (C=O) groups excluding carboxylic acids is 1. The zero-order valence-electron chi connectivity index (χ0n) is 11.1. The Kier molecular flexibility index (Phi) is 4.37. The Balaban J connectivity index is 2.08. The molecule has 0 aromatic heterocycles. The van der Waals surface area contributed by atoms with Crippen molar-refractivity contribution in [1.29, 1.82) is 0 Å². The number of nitrogens with zero attached hydrogens (tertiary/aromatic N) is 1. The summed E-state index contributed by atoms with van der Waals surface area (Å²) in [6.07, 6.45) is 1.13. The van der Waals surface area contributed by atoms with Gasteiger partial charge in [0.25, 0.3) is 0 Å². The van der Waals surface area contributed by atoms with Crippen molar-refractivity contribution in [3.05, 3.63) is 35.9 Å². The monoisotopic (exact) mass is 247 g/mol. The Morgan fingerprint density at radius 2 is 2.11 bits per heavy atom. The molecule has 0 amide bonds. The number of ether oxygens (including phenoxy) is 1. The third-order valence-electron chi connectivity index (χ3n) is 3.67. The van der Waals surface area contributed by atoms with Gasteiger partial charge in [-0.05, 0) is 31.5 Å². The first-order chi connectivity index (χ1) is 8.66. The first-order valence-electron chi connectivity index (χ1n) is 6.53. The summed E-state index contributed by atoms with van der Waals surface area (Å²) in [7, 11) is 2.13. The van der Waals surface area contributed by atoms with E-state index in [1.165, 1.54) is 12.5 Å². The Morgan fingerprint density at radius 1 is 1.39 bits per heavy atom. The molecule has 2 rings (SSSR count). The summed E-state index contributed by atoms with van der Waals surface area (Å²) in [6.45, 7) is 4.10. The molecule has 2 unspecified atom stereocenters. The molecule has 1 aromatic rings. The molecule has 18 heavy (non-hydrogen) atoms.